The molecule has 3 heterocycles. The molecule has 1 amide bonds. The summed E-state index contributed by atoms with van der Waals surface area (Å²) in [5, 5.41) is 11.0. The Morgan fingerprint density at radius 2 is 2.22 bits per heavy atom. The van der Waals surface area contributed by atoms with Crippen LogP contribution >= 0.6 is 0 Å². The van der Waals surface area contributed by atoms with E-state index in [1.165, 1.54) is 5.69 Å². The molecule has 27 heavy (non-hydrogen) atoms. The Kier molecular flexibility index (Phi) is 5.58. The quantitative estimate of drug-likeness (QED) is 0.809. The van der Waals surface area contributed by atoms with Gasteiger partial charge in [0.15, 0.2) is 11.5 Å². The fourth-order valence-corrected chi connectivity index (χ4v) is 3.45. The number of amides is 1. The molecule has 0 saturated heterocycles. The van der Waals surface area contributed by atoms with Crippen molar-refractivity contribution in [3.63, 3.8) is 0 Å². The SMILES string of the molecule is O=C(CCc1cc2n(n1)CCCNC2)NCCC1COc2ccccc2O1. The molecular weight excluding hydrogens is 344 g/mol. The monoisotopic (exact) mass is 370 g/mol. The highest BCUT2D eigenvalue weighted by atomic mass is 16.6. The van der Waals surface area contributed by atoms with E-state index in [0.717, 1.165) is 49.7 Å². The van der Waals surface area contributed by atoms with Gasteiger partial charge in [-0.2, -0.15) is 5.10 Å². The number of nitrogens with zero attached hydrogens (tertiary/aromatic N) is 2. The summed E-state index contributed by atoms with van der Waals surface area (Å²) in [5.74, 6) is 1.61. The lowest BCUT2D eigenvalue weighted by molar-refractivity contribution is -0.121. The van der Waals surface area contributed by atoms with Crippen LogP contribution in [0.3, 0.4) is 0 Å². The number of benzene rings is 1. The number of fused-ring (bicyclic) bond motifs is 2. The highest BCUT2D eigenvalue weighted by Gasteiger charge is 2.20. The fraction of sp³-hybridized carbons (Fsp3) is 0.500. The minimum absolute atomic E-state index is 0.0310. The molecule has 144 valence electrons. The van der Waals surface area contributed by atoms with Crippen LogP contribution < -0.4 is 20.1 Å². The highest BCUT2D eigenvalue weighted by Crippen LogP contribution is 2.31. The number of rotatable bonds is 6. The Morgan fingerprint density at radius 3 is 3.15 bits per heavy atom. The predicted octanol–water partition coefficient (Wildman–Crippen LogP) is 1.66. The number of aryl methyl sites for hydroxylation is 2. The molecule has 1 aromatic heterocycles. The van der Waals surface area contributed by atoms with Gasteiger partial charge in [0.25, 0.3) is 0 Å². The van der Waals surface area contributed by atoms with Crippen LogP contribution in [-0.4, -0.2) is 41.5 Å². The lowest BCUT2D eigenvalue weighted by Gasteiger charge is -2.26. The molecule has 7 nitrogen and oxygen atoms in total. The summed E-state index contributed by atoms with van der Waals surface area (Å²) in [7, 11) is 0. The molecule has 4 rings (SSSR count). The van der Waals surface area contributed by atoms with Crippen LogP contribution in [0.15, 0.2) is 30.3 Å². The van der Waals surface area contributed by atoms with Crippen molar-refractivity contribution in [2.75, 3.05) is 19.7 Å². The van der Waals surface area contributed by atoms with E-state index >= 15 is 0 Å². The lowest BCUT2D eigenvalue weighted by Crippen LogP contribution is -2.34. The second kappa shape index (κ2) is 8.43. The molecule has 2 aliphatic heterocycles. The van der Waals surface area contributed by atoms with E-state index in [1.54, 1.807) is 0 Å². The molecule has 0 saturated carbocycles. The van der Waals surface area contributed by atoms with Crippen molar-refractivity contribution in [2.24, 2.45) is 0 Å². The summed E-state index contributed by atoms with van der Waals surface area (Å²) >= 11 is 0. The third-order valence-electron chi connectivity index (χ3n) is 4.91. The number of para-hydroxylation sites is 2. The number of hydrogen-bond donors (Lipinski definition) is 2. The van der Waals surface area contributed by atoms with Crippen LogP contribution in [-0.2, 0) is 24.3 Å². The molecule has 1 aromatic carbocycles. The maximum Gasteiger partial charge on any atom is 0.220 e. The third kappa shape index (κ3) is 4.60. The summed E-state index contributed by atoms with van der Waals surface area (Å²) in [6, 6.07) is 9.77. The molecule has 2 aliphatic rings. The fourth-order valence-electron chi connectivity index (χ4n) is 3.45. The van der Waals surface area contributed by atoms with Crippen molar-refractivity contribution < 1.29 is 14.3 Å². The van der Waals surface area contributed by atoms with E-state index in [9.17, 15) is 4.79 Å². The van der Waals surface area contributed by atoms with Gasteiger partial charge in [-0.3, -0.25) is 9.48 Å². The molecular formula is C20H26N4O3. The zero-order valence-corrected chi connectivity index (χ0v) is 15.4. The molecule has 0 fully saturated rings. The Bertz CT molecular complexity index is 766. The predicted molar refractivity (Wildman–Crippen MR) is 101 cm³/mol. The van der Waals surface area contributed by atoms with E-state index in [0.29, 0.717) is 26.0 Å². The zero-order valence-electron chi connectivity index (χ0n) is 15.4. The van der Waals surface area contributed by atoms with Gasteiger partial charge >= 0.3 is 0 Å². The molecule has 1 atom stereocenters. The summed E-state index contributed by atoms with van der Waals surface area (Å²) < 4.78 is 13.7. The molecule has 0 spiro atoms. The standard InChI is InChI=1S/C20H26N4O3/c25-20(7-6-15-12-16-13-21-9-3-11-24(16)23-15)22-10-8-17-14-26-18-4-1-2-5-19(18)27-17/h1-2,4-5,12,17,21H,3,6-11,13-14H2,(H,22,25). The lowest BCUT2D eigenvalue weighted by atomic mass is 10.2. The highest BCUT2D eigenvalue weighted by molar-refractivity contribution is 5.76. The summed E-state index contributed by atoms with van der Waals surface area (Å²) in [5.41, 5.74) is 2.20. The van der Waals surface area contributed by atoms with Gasteiger partial charge in [-0.05, 0) is 31.2 Å². The van der Waals surface area contributed by atoms with Crippen LogP contribution in [0.25, 0.3) is 0 Å². The van der Waals surface area contributed by atoms with E-state index in [1.807, 2.05) is 24.3 Å². The summed E-state index contributed by atoms with van der Waals surface area (Å²) in [6.45, 7) is 3.93. The minimum Gasteiger partial charge on any atom is -0.486 e. The number of aromatic nitrogens is 2. The molecule has 1 unspecified atom stereocenters. The molecule has 2 N–H and O–H groups in total. The van der Waals surface area contributed by atoms with Gasteiger partial charge in [-0.25, -0.2) is 0 Å². The number of ether oxygens (including phenoxy) is 2. The Balaban J connectivity index is 1.17. The summed E-state index contributed by atoms with van der Waals surface area (Å²) in [4.78, 5) is 12.1. The van der Waals surface area contributed by atoms with Crippen molar-refractivity contribution >= 4 is 5.91 Å². The van der Waals surface area contributed by atoms with Crippen LogP contribution in [0.4, 0.5) is 0 Å². The van der Waals surface area contributed by atoms with Crippen LogP contribution in [0.5, 0.6) is 11.5 Å². The van der Waals surface area contributed by atoms with Crippen LogP contribution in [0.1, 0.15) is 30.7 Å². The van der Waals surface area contributed by atoms with Crippen molar-refractivity contribution in [2.45, 2.75) is 44.9 Å². The zero-order chi connectivity index (χ0) is 18.5. The number of hydrogen-bond acceptors (Lipinski definition) is 5. The topological polar surface area (TPSA) is 77.4 Å². The van der Waals surface area contributed by atoms with E-state index < -0.39 is 0 Å². The molecule has 0 bridgehead atoms. The van der Waals surface area contributed by atoms with E-state index in [-0.39, 0.29) is 12.0 Å². The van der Waals surface area contributed by atoms with Gasteiger partial charge in [0.05, 0.1) is 11.4 Å². The first-order chi connectivity index (χ1) is 13.3. The number of carbonyl (C=O) groups excluding carboxylic acids is 1. The average molecular weight is 370 g/mol. The van der Waals surface area contributed by atoms with Gasteiger partial charge in [0.2, 0.25) is 5.91 Å². The van der Waals surface area contributed by atoms with E-state index in [4.69, 9.17) is 9.47 Å². The van der Waals surface area contributed by atoms with Crippen molar-refractivity contribution in [1.29, 1.82) is 0 Å². The smallest absolute Gasteiger partial charge is 0.220 e. The van der Waals surface area contributed by atoms with Gasteiger partial charge in [0.1, 0.15) is 12.7 Å². The van der Waals surface area contributed by atoms with Gasteiger partial charge < -0.3 is 20.1 Å². The van der Waals surface area contributed by atoms with Crippen molar-refractivity contribution in [3.05, 3.63) is 41.7 Å². The Labute approximate surface area is 159 Å². The van der Waals surface area contributed by atoms with Crippen LogP contribution in [0.2, 0.25) is 0 Å². The minimum atomic E-state index is -0.0310. The first kappa shape index (κ1) is 17.9. The Morgan fingerprint density at radius 1 is 1.33 bits per heavy atom. The Hall–Kier alpha value is -2.54. The van der Waals surface area contributed by atoms with Gasteiger partial charge in [0, 0.05) is 38.9 Å². The summed E-state index contributed by atoms with van der Waals surface area (Å²) in [6.07, 6.45) is 2.91. The molecule has 0 radical (unpaired) electrons. The average Bonchev–Trinajstić information content (AvgIpc) is 2.95. The number of nitrogens with one attached hydrogen (secondary N) is 2. The largest absolute Gasteiger partial charge is 0.486 e. The maximum absolute atomic E-state index is 12.1. The van der Waals surface area contributed by atoms with E-state index in [2.05, 4.69) is 26.5 Å². The molecule has 0 aliphatic carbocycles. The second-order valence-corrected chi connectivity index (χ2v) is 7.02. The molecule has 7 heteroatoms. The van der Waals surface area contributed by atoms with Crippen LogP contribution in [0, 0.1) is 0 Å². The van der Waals surface area contributed by atoms with Crippen molar-refractivity contribution in [1.82, 2.24) is 20.4 Å². The normalized spacial score (nSPS) is 18.4. The first-order valence-corrected chi connectivity index (χ1v) is 9.69. The second-order valence-electron chi connectivity index (χ2n) is 7.02. The molecule has 2 aromatic rings. The third-order valence-corrected chi connectivity index (χ3v) is 4.91. The van der Waals surface area contributed by atoms with Gasteiger partial charge in [-0.15, -0.1) is 0 Å². The van der Waals surface area contributed by atoms with Crippen molar-refractivity contribution in [3.8, 4) is 11.5 Å². The number of carbonyl (C=O) groups is 1. The first-order valence-electron chi connectivity index (χ1n) is 9.69. The van der Waals surface area contributed by atoms with Gasteiger partial charge in [-0.1, -0.05) is 12.1 Å². The maximum atomic E-state index is 12.1.